The zero-order chi connectivity index (χ0) is 8.57. The third-order valence-corrected chi connectivity index (χ3v) is 0.285. The van der Waals surface area contributed by atoms with Crippen molar-refractivity contribution < 1.29 is 19.8 Å². The Labute approximate surface area is 57.4 Å². The van der Waals surface area contributed by atoms with Crippen LogP contribution in [0.4, 0.5) is 0 Å². The van der Waals surface area contributed by atoms with E-state index in [0.717, 1.165) is 0 Å². The van der Waals surface area contributed by atoms with Gasteiger partial charge in [0, 0.05) is 0 Å². The average molecular weight is 682 g/mol. The summed E-state index contributed by atoms with van der Waals surface area (Å²) in [6.07, 6.45) is 0. The molecule has 0 heterocycles. The first kappa shape index (κ1) is 23.5. The van der Waals surface area contributed by atoms with Gasteiger partial charge in [-0.15, -0.1) is 0 Å². The smallest absolute Gasteiger partial charge is 0.176 e. The summed E-state index contributed by atoms with van der Waals surface area (Å²) in [5, 5.41) is 15.1. The van der Waals surface area contributed by atoms with Gasteiger partial charge < -0.3 is 21.7 Å². The molecule has 0 fully saturated rings. The zero-order valence-electron chi connectivity index (χ0n) is 6.43. The van der Waals surface area contributed by atoms with Crippen LogP contribution in [0, 0.1) is 13.1 Å². The van der Waals surface area contributed by atoms with Crippen molar-refractivity contribution in [3.05, 3.63) is 13.1 Å². The van der Waals surface area contributed by atoms with E-state index in [1.165, 1.54) is 0 Å². The predicted molar refractivity (Wildman–Crippen MR) is 32.2 cm³/mol. The first-order valence-electron chi connectivity index (χ1n) is 2.10. The Hall–Kier alpha value is -3.40. The molecular formula is C4H8N2O4Rf2-2. The third kappa shape index (κ3) is 575. The van der Waals surface area contributed by atoms with Gasteiger partial charge in [0.1, 0.15) is 0 Å². The number of hydrogen-bond acceptors (Lipinski definition) is 4. The van der Waals surface area contributed by atoms with Crippen LogP contribution in [0.1, 0.15) is 0 Å². The minimum Gasteiger partial charge on any atom is -0.502 e. The molecule has 0 unspecified atom stereocenters. The fraction of sp³-hybridized carbons (Fsp3) is 0. The molecule has 0 atom stereocenters. The van der Waals surface area contributed by atoms with E-state index in [9.17, 15) is 9.59 Å². The van der Waals surface area contributed by atoms with Crippen molar-refractivity contribution in [2.75, 3.05) is 0 Å². The second-order valence-electron chi connectivity index (χ2n) is 1.01. The Morgan fingerprint density at radius 2 is 1.00 bits per heavy atom. The summed E-state index contributed by atoms with van der Waals surface area (Å²) in [5.74, 6) is -2.19. The molecule has 0 aliphatic heterocycles. The van der Waals surface area contributed by atoms with Gasteiger partial charge in [-0.3, -0.25) is 9.59 Å². The van der Waals surface area contributed by atoms with Crippen molar-refractivity contribution in [2.24, 2.45) is 11.5 Å². The zero-order valence-corrected chi connectivity index (χ0v) is 19.2. The molecule has 0 aromatic rings. The quantitative estimate of drug-likeness (QED) is 0.260. The van der Waals surface area contributed by atoms with Crippen LogP contribution < -0.4 is 11.5 Å². The Morgan fingerprint density at radius 1 is 0.917 bits per heavy atom. The summed E-state index contributed by atoms with van der Waals surface area (Å²) in [6, 6.07) is 0. The number of aliphatic carboxylic acids is 2. The molecule has 6 N–H and O–H groups in total. The normalized spacial score (nSPS) is 5.50. The Morgan fingerprint density at radius 3 is 1.00 bits per heavy atom. The topological polar surface area (TPSA) is 127 Å². The molecule has 8 heteroatoms. The summed E-state index contributed by atoms with van der Waals surface area (Å²) in [5.41, 5.74) is 8.89. The van der Waals surface area contributed by atoms with Gasteiger partial charge in [0.05, 0.1) is 0 Å². The molecule has 0 aromatic heterocycles. The minimum absolute atomic E-state index is 0. The Kier molecular flexibility index (Phi) is 30.6. The van der Waals surface area contributed by atoms with Crippen molar-refractivity contribution in [3.8, 4) is 0 Å². The summed E-state index contributed by atoms with van der Waals surface area (Å²) in [6.45, 7) is 1.17. The molecular weight excluding hydrogens is 674 g/mol. The molecule has 0 rings (SSSR count). The van der Waals surface area contributed by atoms with Crippen LogP contribution in [0.2, 0.25) is 0 Å². The maximum Gasteiger partial charge on any atom is 0.176 e. The van der Waals surface area contributed by atoms with Gasteiger partial charge in [0.25, 0.3) is 0 Å². The molecule has 0 aliphatic carbocycles. The van der Waals surface area contributed by atoms with Gasteiger partial charge in [-0.05, 0) is 0 Å². The fourth-order valence-electron chi connectivity index (χ4n) is 0. The number of carboxylic acid groups (broad SMARTS) is 2. The van der Waals surface area contributed by atoms with Crippen LogP contribution in [0.25, 0.3) is 0 Å². The standard InChI is InChI=1S/2C2H4NO2.2Rf/c2*3-1-2(4)5;;/h2*1H,3H2,(H,4,5);;/q2*-1;;. The third-order valence-electron chi connectivity index (χ3n) is 0.285. The Balaban J connectivity index is -0.0000000457. The molecule has 0 bridgehead atoms. The van der Waals surface area contributed by atoms with E-state index in [0.29, 0.717) is 13.1 Å². The van der Waals surface area contributed by atoms with Gasteiger partial charge in [-0.1, -0.05) is 0 Å². The van der Waals surface area contributed by atoms with E-state index in [1.807, 2.05) is 0 Å². The number of carboxylic acids is 2. The van der Waals surface area contributed by atoms with E-state index >= 15 is 0 Å². The molecule has 64 valence electrons. The van der Waals surface area contributed by atoms with Gasteiger partial charge in [0.15, 0.2) is 11.9 Å². The van der Waals surface area contributed by atoms with Crippen molar-refractivity contribution in [3.63, 3.8) is 0 Å². The van der Waals surface area contributed by atoms with Crippen LogP contribution in [0.15, 0.2) is 0 Å². The van der Waals surface area contributed by atoms with Crippen molar-refractivity contribution in [2.45, 2.75) is 0 Å². The van der Waals surface area contributed by atoms with Crippen LogP contribution in [0.5, 0.6) is 0 Å². The SMILES string of the molecule is N[CH-]C(=O)O.N[CH-]C(=O)O.[Rf].[Rf]. The first-order valence-corrected chi connectivity index (χ1v) is 2.10. The van der Waals surface area contributed by atoms with E-state index in [1.54, 1.807) is 0 Å². The van der Waals surface area contributed by atoms with Crippen LogP contribution >= 0.6 is 0 Å². The second kappa shape index (κ2) is 15.6. The maximum atomic E-state index is 9.19. The minimum atomic E-state index is -1.09. The molecule has 0 aromatic carbocycles. The van der Waals surface area contributed by atoms with Gasteiger partial charge in [0.2, 0.25) is 0 Å². The number of rotatable bonds is 2. The maximum absolute atomic E-state index is 9.19. The van der Waals surface area contributed by atoms with Crippen LogP contribution in [-0.2, 0) is 9.59 Å². The molecule has 6 nitrogen and oxygen atoms in total. The number of carbonyl (C=O) groups is 2. The monoisotopic (exact) mass is 682 g/mol. The van der Waals surface area contributed by atoms with E-state index < -0.39 is 11.9 Å². The summed E-state index contributed by atoms with van der Waals surface area (Å²) >= 11 is 0. The van der Waals surface area contributed by atoms with Crippen LogP contribution in [0.3, 0.4) is 0 Å². The molecule has 0 aliphatic rings. The Bertz CT molecular complexity index is 108. The summed E-state index contributed by atoms with van der Waals surface area (Å²) in [4.78, 5) is 18.4. The number of hydrogen-bond donors (Lipinski definition) is 4. The van der Waals surface area contributed by atoms with Gasteiger partial charge >= 0.3 is 0 Å². The second-order valence-corrected chi connectivity index (χ2v) is 1.01. The molecule has 0 saturated carbocycles. The first-order chi connectivity index (χ1) is 4.54. The van der Waals surface area contributed by atoms with Crippen molar-refractivity contribution >= 4 is 11.9 Å². The van der Waals surface area contributed by atoms with Crippen molar-refractivity contribution in [1.82, 2.24) is 0 Å². The van der Waals surface area contributed by atoms with Gasteiger partial charge in [-0.25, -0.2) is 13.1 Å². The summed E-state index contributed by atoms with van der Waals surface area (Å²) < 4.78 is 0. The van der Waals surface area contributed by atoms with Crippen molar-refractivity contribution in [1.29, 1.82) is 0 Å². The number of nitrogens with two attached hydrogens (primary N) is 2. The van der Waals surface area contributed by atoms with E-state index in [4.69, 9.17) is 10.2 Å². The predicted octanol–water partition coefficient (Wildman–Crippen LogP) is -1.62. The van der Waals surface area contributed by atoms with Gasteiger partial charge in [-0.2, -0.15) is 0 Å². The van der Waals surface area contributed by atoms with E-state index in [-0.39, 0.29) is 0 Å². The molecule has 0 radical (unpaired) electrons. The molecule has 12 heavy (non-hydrogen) atoms. The largest absolute Gasteiger partial charge is 0.502 e. The van der Waals surface area contributed by atoms with E-state index in [2.05, 4.69) is 11.5 Å². The molecule has 0 spiro atoms. The average Bonchev–Trinajstić information content (AvgIpc) is 1.89. The summed E-state index contributed by atoms with van der Waals surface area (Å²) in [7, 11) is 0. The molecule has 0 amide bonds. The molecule has 0 saturated heterocycles. The fourth-order valence-corrected chi connectivity index (χ4v) is 0. The van der Waals surface area contributed by atoms with Crippen LogP contribution in [-0.4, -0.2) is 22.2 Å².